The molecule has 0 aliphatic heterocycles. The highest BCUT2D eigenvalue weighted by molar-refractivity contribution is 7.85. The van der Waals surface area contributed by atoms with Crippen molar-refractivity contribution in [2.75, 3.05) is 18.1 Å². The number of hydrogen-bond acceptors (Lipinski definition) is 9. The minimum Gasteiger partial charge on any atom is -0.469 e. The van der Waals surface area contributed by atoms with Crippen molar-refractivity contribution in [3.63, 3.8) is 0 Å². The summed E-state index contributed by atoms with van der Waals surface area (Å²) in [5.41, 5.74) is 2.37. The van der Waals surface area contributed by atoms with Gasteiger partial charge in [-0.1, -0.05) is 11.6 Å². The van der Waals surface area contributed by atoms with Crippen molar-refractivity contribution in [1.29, 1.82) is 0 Å². The molecule has 0 spiro atoms. The zero-order chi connectivity index (χ0) is 25.4. The van der Waals surface area contributed by atoms with Gasteiger partial charge in [-0.15, -0.1) is 10.2 Å². The Hall–Kier alpha value is -3.74. The van der Waals surface area contributed by atoms with E-state index in [-0.39, 0.29) is 24.1 Å². The van der Waals surface area contributed by atoms with Crippen molar-refractivity contribution >= 4 is 50.1 Å². The molecule has 11 nitrogen and oxygen atoms in total. The fraction of sp³-hybridized carbons (Fsp3) is 0.182. The molecule has 0 saturated heterocycles. The number of nitrogens with zero attached hydrogens (tertiary/aromatic N) is 3. The van der Waals surface area contributed by atoms with Gasteiger partial charge in [0, 0.05) is 24.0 Å². The van der Waals surface area contributed by atoms with E-state index in [1.807, 2.05) is 12.1 Å². The van der Waals surface area contributed by atoms with Crippen molar-refractivity contribution < 1.29 is 26.9 Å². The van der Waals surface area contributed by atoms with Gasteiger partial charge in [0.25, 0.3) is 21.9 Å². The Labute approximate surface area is 206 Å². The van der Waals surface area contributed by atoms with Crippen LogP contribution in [0.15, 0.2) is 59.3 Å². The molecule has 0 aliphatic carbocycles. The van der Waals surface area contributed by atoms with E-state index in [1.54, 1.807) is 49.8 Å². The van der Waals surface area contributed by atoms with Crippen LogP contribution in [0.5, 0.6) is 5.88 Å². The van der Waals surface area contributed by atoms with Gasteiger partial charge in [0.2, 0.25) is 5.58 Å². The number of hydrogen-bond donors (Lipinski definition) is 3. The topological polar surface area (TPSA) is 157 Å². The van der Waals surface area contributed by atoms with Crippen LogP contribution in [0, 0.1) is 0 Å². The molecular weight excluding hydrogens is 498 g/mol. The number of amides is 1. The Morgan fingerprint density at radius 1 is 1.17 bits per heavy atom. The van der Waals surface area contributed by atoms with Crippen molar-refractivity contribution in [3.05, 3.63) is 71.2 Å². The summed E-state index contributed by atoms with van der Waals surface area (Å²) < 4.78 is 38.2. The maximum absolute atomic E-state index is 11.7. The Balaban J connectivity index is 0.000000509. The molecule has 4 aromatic rings. The molecule has 0 atom stereocenters. The van der Waals surface area contributed by atoms with Gasteiger partial charge in [-0.3, -0.25) is 14.3 Å². The summed E-state index contributed by atoms with van der Waals surface area (Å²) in [6.07, 6.45) is 3.10. The van der Waals surface area contributed by atoms with Crippen LogP contribution in [0.1, 0.15) is 23.0 Å². The number of rotatable bonds is 7. The van der Waals surface area contributed by atoms with Crippen LogP contribution in [-0.2, 0) is 16.7 Å². The molecule has 4 rings (SSSR count). The zero-order valence-corrected chi connectivity index (χ0v) is 20.3. The number of carbonyl (C=O) groups excluding carboxylic acids is 1. The van der Waals surface area contributed by atoms with E-state index in [4.69, 9.17) is 25.3 Å². The molecule has 3 heterocycles. The van der Waals surface area contributed by atoms with Crippen LogP contribution >= 0.6 is 11.6 Å². The second kappa shape index (κ2) is 11.6. The average Bonchev–Trinajstić information content (AvgIpc) is 3.35. The van der Waals surface area contributed by atoms with Crippen molar-refractivity contribution in [2.45, 2.75) is 13.5 Å². The maximum atomic E-state index is 11.7. The van der Waals surface area contributed by atoms with Crippen LogP contribution in [0.4, 0.5) is 11.5 Å². The first-order valence-corrected chi connectivity index (χ1v) is 12.2. The molecule has 3 N–H and O–H groups in total. The fourth-order valence-electron chi connectivity index (χ4n) is 2.68. The highest BCUT2D eigenvalue weighted by Gasteiger charge is 2.14. The summed E-state index contributed by atoms with van der Waals surface area (Å²) in [7, 11) is -2.11. The van der Waals surface area contributed by atoms with Gasteiger partial charge in [0.05, 0.1) is 17.4 Å². The minimum atomic E-state index is -3.66. The molecule has 0 radical (unpaired) electrons. The number of nitrogens with one attached hydrogen (secondary N) is 2. The average molecular weight is 520 g/mol. The first kappa shape index (κ1) is 25.9. The van der Waals surface area contributed by atoms with E-state index in [0.29, 0.717) is 22.1 Å². The Morgan fingerprint density at radius 3 is 2.54 bits per heavy atom. The Bertz CT molecular complexity index is 1410. The monoisotopic (exact) mass is 519 g/mol. The molecule has 0 aliphatic rings. The highest BCUT2D eigenvalue weighted by atomic mass is 35.5. The SMILES string of the molecule is CCS(=O)(=O)O.CNC(=O)c1cc(COc2nnc(Nc3ccc(Cl)cc3)c3ccoc23)ccn1. The van der Waals surface area contributed by atoms with Crippen LogP contribution < -0.4 is 15.4 Å². The first-order valence-electron chi connectivity index (χ1n) is 10.2. The van der Waals surface area contributed by atoms with Gasteiger partial charge in [-0.25, -0.2) is 0 Å². The van der Waals surface area contributed by atoms with Crippen LogP contribution in [0.2, 0.25) is 5.02 Å². The maximum Gasteiger partial charge on any atom is 0.278 e. The fourth-order valence-corrected chi connectivity index (χ4v) is 2.81. The first-order chi connectivity index (χ1) is 16.7. The number of furan rings is 1. The van der Waals surface area contributed by atoms with Crippen molar-refractivity contribution in [1.82, 2.24) is 20.5 Å². The van der Waals surface area contributed by atoms with Crippen LogP contribution in [0.3, 0.4) is 0 Å². The van der Waals surface area contributed by atoms with Gasteiger partial charge in [-0.2, -0.15) is 8.42 Å². The molecule has 0 fully saturated rings. The standard InChI is InChI=1S/C20H16ClN5O3.C2H6O3S/c1-22-19(27)16-10-12(6-8-23-16)11-29-20-17-15(7-9-28-17)18(25-26-20)24-14-4-2-13(21)3-5-14;1-2-6(3,4)5/h2-10H,11H2,1H3,(H,22,27)(H,24,25);2H2,1H3,(H,3,4,5). The smallest absolute Gasteiger partial charge is 0.278 e. The largest absolute Gasteiger partial charge is 0.469 e. The van der Waals surface area contributed by atoms with E-state index in [2.05, 4.69) is 25.8 Å². The number of benzene rings is 1. The number of ether oxygens (including phenoxy) is 1. The lowest BCUT2D eigenvalue weighted by Gasteiger charge is -2.09. The van der Waals surface area contributed by atoms with Gasteiger partial charge in [0.1, 0.15) is 12.3 Å². The molecule has 184 valence electrons. The van der Waals surface area contributed by atoms with Gasteiger partial charge in [-0.05, 0) is 55.0 Å². The molecule has 0 bridgehead atoms. The number of anilines is 2. The number of carbonyl (C=O) groups is 1. The highest BCUT2D eigenvalue weighted by Crippen LogP contribution is 2.31. The summed E-state index contributed by atoms with van der Waals surface area (Å²) in [5.74, 6) is 0.324. The molecule has 13 heteroatoms. The van der Waals surface area contributed by atoms with Crippen LogP contribution in [0.25, 0.3) is 11.0 Å². The molecule has 35 heavy (non-hydrogen) atoms. The normalized spacial score (nSPS) is 10.9. The molecule has 1 amide bonds. The Kier molecular flexibility index (Phi) is 8.58. The summed E-state index contributed by atoms with van der Waals surface area (Å²) in [5, 5.41) is 15.4. The molecule has 0 saturated carbocycles. The molecule has 1 aromatic carbocycles. The third-order valence-electron chi connectivity index (χ3n) is 4.49. The number of aromatic nitrogens is 3. The van der Waals surface area contributed by atoms with E-state index in [1.165, 1.54) is 6.92 Å². The summed E-state index contributed by atoms with van der Waals surface area (Å²) in [6.45, 7) is 1.55. The van der Waals surface area contributed by atoms with E-state index < -0.39 is 10.1 Å². The minimum absolute atomic E-state index is 0.182. The van der Waals surface area contributed by atoms with E-state index in [9.17, 15) is 13.2 Å². The Morgan fingerprint density at radius 2 is 1.89 bits per heavy atom. The van der Waals surface area contributed by atoms with Crippen LogP contribution in [-0.4, -0.2) is 46.9 Å². The molecular formula is C22H22ClN5O6S. The quantitative estimate of drug-likeness (QED) is 0.306. The second-order valence-corrected chi connectivity index (χ2v) is 9.11. The third-order valence-corrected chi connectivity index (χ3v) is 5.47. The lowest BCUT2D eigenvalue weighted by atomic mass is 10.2. The lowest BCUT2D eigenvalue weighted by molar-refractivity contribution is 0.0958. The van der Waals surface area contributed by atoms with Gasteiger partial charge < -0.3 is 19.8 Å². The number of pyridine rings is 1. The summed E-state index contributed by atoms with van der Waals surface area (Å²) in [4.78, 5) is 15.8. The molecule has 3 aromatic heterocycles. The summed E-state index contributed by atoms with van der Waals surface area (Å²) in [6, 6.07) is 12.4. The third kappa shape index (κ3) is 7.37. The number of fused-ring (bicyclic) bond motifs is 1. The van der Waals surface area contributed by atoms with Crippen molar-refractivity contribution in [3.8, 4) is 5.88 Å². The number of halogens is 1. The van der Waals surface area contributed by atoms with Gasteiger partial charge in [0.15, 0.2) is 5.82 Å². The summed E-state index contributed by atoms with van der Waals surface area (Å²) >= 11 is 5.92. The predicted molar refractivity (Wildman–Crippen MR) is 131 cm³/mol. The van der Waals surface area contributed by atoms with Gasteiger partial charge >= 0.3 is 0 Å². The zero-order valence-electron chi connectivity index (χ0n) is 18.7. The van der Waals surface area contributed by atoms with E-state index in [0.717, 1.165) is 16.6 Å². The predicted octanol–water partition coefficient (Wildman–Crippen LogP) is 3.85. The molecule has 0 unspecified atom stereocenters. The lowest BCUT2D eigenvalue weighted by Crippen LogP contribution is -2.19. The second-order valence-electron chi connectivity index (χ2n) is 6.94. The van der Waals surface area contributed by atoms with Crippen molar-refractivity contribution in [2.24, 2.45) is 0 Å². The van der Waals surface area contributed by atoms with E-state index >= 15 is 0 Å².